The number of unbranched alkanes of at least 4 members (excludes halogenated alkanes) is 52. The van der Waals surface area contributed by atoms with Crippen LogP contribution in [0.3, 0.4) is 0 Å². The fraction of sp³-hybridized carbons (Fsp3) is 0.952. The zero-order valence-electron chi connectivity index (χ0n) is 67.6. The first kappa shape index (κ1) is 101. The van der Waals surface area contributed by atoms with Gasteiger partial charge >= 0.3 is 39.5 Å². The highest BCUT2D eigenvalue weighted by molar-refractivity contribution is 7.47. The first-order valence-electron chi connectivity index (χ1n) is 43.5. The second kappa shape index (κ2) is 75.5. The van der Waals surface area contributed by atoms with Crippen LogP contribution >= 0.6 is 15.6 Å². The van der Waals surface area contributed by atoms with Gasteiger partial charge in [-0.2, -0.15) is 0 Å². The highest BCUT2D eigenvalue weighted by Gasteiger charge is 2.30. The molecule has 0 fully saturated rings. The third-order valence-corrected chi connectivity index (χ3v) is 22.0. The maximum atomic E-state index is 13.1. The fourth-order valence-electron chi connectivity index (χ4n) is 13.0. The van der Waals surface area contributed by atoms with Gasteiger partial charge in [0.1, 0.15) is 19.3 Å². The summed E-state index contributed by atoms with van der Waals surface area (Å²) in [5.41, 5.74) is 0. The molecule has 0 saturated heterocycles. The molecule has 0 aliphatic heterocycles. The van der Waals surface area contributed by atoms with E-state index in [2.05, 4.69) is 41.5 Å². The summed E-state index contributed by atoms with van der Waals surface area (Å²) in [5, 5.41) is 10.7. The Morgan fingerprint density at radius 1 is 0.282 bits per heavy atom. The molecule has 0 aromatic carbocycles. The predicted octanol–water partition coefficient (Wildman–Crippen LogP) is 25.5. The third kappa shape index (κ3) is 76.6. The Morgan fingerprint density at radius 3 is 0.738 bits per heavy atom. The molecular formula is C84H164O17P2. The number of esters is 4. The molecule has 0 aromatic rings. The second-order valence-electron chi connectivity index (χ2n) is 30.9. The van der Waals surface area contributed by atoms with E-state index in [1.165, 1.54) is 257 Å². The number of phosphoric ester groups is 2. The molecule has 0 rings (SSSR count). The van der Waals surface area contributed by atoms with Gasteiger partial charge in [-0.15, -0.1) is 0 Å². The number of rotatable bonds is 83. The number of carbonyl (C=O) groups is 4. The molecule has 0 aliphatic carbocycles. The van der Waals surface area contributed by atoms with E-state index in [4.69, 9.17) is 37.0 Å². The summed E-state index contributed by atoms with van der Waals surface area (Å²) in [6.45, 7) is 9.65. The lowest BCUT2D eigenvalue weighted by atomic mass is 10.00. The standard InChI is InChI=1S/C84H164O17P2/c1-7-10-12-14-16-18-20-22-24-26-27-32-35-39-43-47-54-60-66-81(86)94-72-79(100-83(88)68-63-57-49-45-41-37-33-29-28-30-34-38-42-46-52-58-64-76(4)5)74-98-102(90,91)96-70-78(85)71-97-103(92,93)99-75-80(73-95-82(87)67-61-55-51-50-53-59-65-77(6)9-3)101-84(89)69-62-56-48-44-40-36-31-25-23-21-19-17-15-13-11-8-2/h76-80,85H,7-75H2,1-6H3,(H,90,91)(H,92,93)/t77?,78-,79-,80-/m1/s1. The Kier molecular flexibility index (Phi) is 74.1. The van der Waals surface area contributed by atoms with Crippen molar-refractivity contribution in [2.75, 3.05) is 39.6 Å². The molecule has 0 bridgehead atoms. The summed E-state index contributed by atoms with van der Waals surface area (Å²) < 4.78 is 68.8. The Balaban J connectivity index is 5.24. The summed E-state index contributed by atoms with van der Waals surface area (Å²) in [6.07, 6.45) is 66.6. The smallest absolute Gasteiger partial charge is 0.462 e. The van der Waals surface area contributed by atoms with E-state index < -0.39 is 97.5 Å². The van der Waals surface area contributed by atoms with E-state index in [0.29, 0.717) is 25.7 Å². The van der Waals surface area contributed by atoms with Crippen LogP contribution in [0.1, 0.15) is 446 Å². The van der Waals surface area contributed by atoms with Crippen molar-refractivity contribution in [2.24, 2.45) is 11.8 Å². The van der Waals surface area contributed by atoms with Gasteiger partial charge in [0.2, 0.25) is 0 Å². The van der Waals surface area contributed by atoms with Crippen molar-refractivity contribution in [2.45, 2.75) is 464 Å². The molecule has 0 radical (unpaired) electrons. The van der Waals surface area contributed by atoms with Crippen LogP contribution in [0.2, 0.25) is 0 Å². The van der Waals surface area contributed by atoms with Crippen molar-refractivity contribution in [3.8, 4) is 0 Å². The average molecular weight is 1510 g/mol. The summed E-state index contributed by atoms with van der Waals surface area (Å²) in [7, 11) is -9.92. The first-order chi connectivity index (χ1) is 49.9. The SMILES string of the molecule is CCCCCCCCCCCCCCCCCCCCC(=O)OC[C@H](COP(=O)(O)OC[C@@H](O)COP(=O)(O)OC[C@@H](COC(=O)CCCCCCCCC(C)CC)OC(=O)CCCCCCCCCCCCCCCCCC)OC(=O)CCCCCCCCCCCCCCCCCCC(C)C. The molecule has 0 aliphatic rings. The number of ether oxygens (including phenoxy) is 4. The lowest BCUT2D eigenvalue weighted by molar-refractivity contribution is -0.161. The fourth-order valence-corrected chi connectivity index (χ4v) is 14.6. The lowest BCUT2D eigenvalue weighted by Crippen LogP contribution is -2.30. The number of aliphatic hydroxyl groups excluding tert-OH is 1. The Morgan fingerprint density at radius 2 is 0.495 bits per heavy atom. The average Bonchev–Trinajstić information content (AvgIpc) is 1.07. The van der Waals surface area contributed by atoms with Gasteiger partial charge in [-0.3, -0.25) is 37.3 Å². The highest BCUT2D eigenvalue weighted by Crippen LogP contribution is 2.45. The molecule has 0 saturated carbocycles. The maximum Gasteiger partial charge on any atom is 0.472 e. The van der Waals surface area contributed by atoms with Crippen molar-refractivity contribution in [3.63, 3.8) is 0 Å². The van der Waals surface area contributed by atoms with Crippen LogP contribution in [0.5, 0.6) is 0 Å². The number of aliphatic hydroxyl groups is 1. The normalized spacial score (nSPS) is 14.1. The molecule has 6 atom stereocenters. The van der Waals surface area contributed by atoms with Crippen LogP contribution in [0.25, 0.3) is 0 Å². The zero-order valence-corrected chi connectivity index (χ0v) is 69.4. The van der Waals surface area contributed by atoms with Crippen LogP contribution in [0.15, 0.2) is 0 Å². The van der Waals surface area contributed by atoms with E-state index in [-0.39, 0.29) is 25.7 Å². The minimum absolute atomic E-state index is 0.108. The van der Waals surface area contributed by atoms with E-state index >= 15 is 0 Å². The topological polar surface area (TPSA) is 237 Å². The minimum atomic E-state index is -4.96. The Hall–Kier alpha value is -1.94. The number of carbonyl (C=O) groups excluding carboxylic acids is 4. The van der Waals surface area contributed by atoms with Gasteiger partial charge < -0.3 is 33.8 Å². The Labute approximate surface area is 632 Å². The third-order valence-electron chi connectivity index (χ3n) is 20.1. The molecule has 0 aromatic heterocycles. The van der Waals surface area contributed by atoms with E-state index in [0.717, 1.165) is 108 Å². The molecule has 0 amide bonds. The van der Waals surface area contributed by atoms with Crippen molar-refractivity contribution in [1.82, 2.24) is 0 Å². The lowest BCUT2D eigenvalue weighted by Gasteiger charge is -2.21. The summed E-state index contributed by atoms with van der Waals surface area (Å²) in [6, 6.07) is 0. The number of phosphoric acid groups is 2. The quantitative estimate of drug-likeness (QED) is 0.0222. The number of hydrogen-bond acceptors (Lipinski definition) is 15. The van der Waals surface area contributed by atoms with Crippen molar-refractivity contribution in [1.29, 1.82) is 0 Å². The summed E-state index contributed by atoms with van der Waals surface area (Å²) in [5.74, 6) is -0.565. The summed E-state index contributed by atoms with van der Waals surface area (Å²) in [4.78, 5) is 73.1. The molecule has 17 nitrogen and oxygen atoms in total. The molecule has 103 heavy (non-hydrogen) atoms. The van der Waals surface area contributed by atoms with Crippen molar-refractivity contribution < 1.29 is 80.2 Å². The van der Waals surface area contributed by atoms with Gasteiger partial charge in [0.15, 0.2) is 12.2 Å². The molecule has 612 valence electrons. The van der Waals surface area contributed by atoms with Gasteiger partial charge in [-0.05, 0) is 37.5 Å². The van der Waals surface area contributed by atoms with E-state index in [1.807, 2.05) is 0 Å². The van der Waals surface area contributed by atoms with Gasteiger partial charge in [-0.1, -0.05) is 395 Å². The first-order valence-corrected chi connectivity index (χ1v) is 46.5. The zero-order chi connectivity index (χ0) is 75.6. The van der Waals surface area contributed by atoms with E-state index in [9.17, 15) is 43.2 Å². The molecule has 3 N–H and O–H groups in total. The Bertz CT molecular complexity index is 1980. The van der Waals surface area contributed by atoms with Crippen molar-refractivity contribution >= 4 is 39.5 Å². The maximum absolute atomic E-state index is 13.1. The number of hydrogen-bond donors (Lipinski definition) is 3. The van der Waals surface area contributed by atoms with Gasteiger partial charge in [0.05, 0.1) is 26.4 Å². The predicted molar refractivity (Wildman–Crippen MR) is 423 cm³/mol. The van der Waals surface area contributed by atoms with Crippen LogP contribution in [-0.2, 0) is 65.4 Å². The van der Waals surface area contributed by atoms with Crippen LogP contribution in [-0.4, -0.2) is 96.7 Å². The largest absolute Gasteiger partial charge is 0.472 e. The second-order valence-corrected chi connectivity index (χ2v) is 33.8. The van der Waals surface area contributed by atoms with Gasteiger partial charge in [0, 0.05) is 25.7 Å². The monoisotopic (exact) mass is 1510 g/mol. The van der Waals surface area contributed by atoms with Crippen LogP contribution < -0.4 is 0 Å². The van der Waals surface area contributed by atoms with Crippen molar-refractivity contribution in [3.05, 3.63) is 0 Å². The molecular weight excluding hydrogens is 1340 g/mol. The molecule has 19 heteroatoms. The molecule has 0 spiro atoms. The van der Waals surface area contributed by atoms with Crippen LogP contribution in [0, 0.1) is 11.8 Å². The molecule has 3 unspecified atom stereocenters. The van der Waals surface area contributed by atoms with Crippen LogP contribution in [0.4, 0.5) is 0 Å². The highest BCUT2D eigenvalue weighted by atomic mass is 31.2. The van der Waals surface area contributed by atoms with Gasteiger partial charge in [-0.25, -0.2) is 9.13 Å². The molecule has 0 heterocycles. The summed E-state index contributed by atoms with van der Waals surface area (Å²) >= 11 is 0. The van der Waals surface area contributed by atoms with E-state index in [1.54, 1.807) is 0 Å². The van der Waals surface area contributed by atoms with Gasteiger partial charge in [0.25, 0.3) is 0 Å². The minimum Gasteiger partial charge on any atom is -0.462 e.